The third-order valence-corrected chi connectivity index (χ3v) is 5.62. The van der Waals surface area contributed by atoms with Gasteiger partial charge in [0.05, 0.1) is 22.2 Å². The molecule has 0 bridgehead atoms. The first kappa shape index (κ1) is 14.8. The molecule has 8 heteroatoms. The third kappa shape index (κ3) is 3.29. The molecular formula is C11H9BrClNO3S2. The van der Waals surface area contributed by atoms with Gasteiger partial charge in [-0.1, -0.05) is 27.5 Å². The monoisotopic (exact) mass is 381 g/mol. The van der Waals surface area contributed by atoms with Gasteiger partial charge in [-0.3, -0.25) is 4.72 Å². The van der Waals surface area contributed by atoms with Crippen LogP contribution in [0.25, 0.3) is 0 Å². The van der Waals surface area contributed by atoms with Crippen LogP contribution in [0.5, 0.6) is 0 Å². The zero-order chi connectivity index (χ0) is 14.0. The Morgan fingerprint density at radius 3 is 2.79 bits per heavy atom. The highest BCUT2D eigenvalue weighted by Crippen LogP contribution is 2.29. The number of hydrogen-bond donors (Lipinski definition) is 2. The Balaban J connectivity index is 2.39. The summed E-state index contributed by atoms with van der Waals surface area (Å²) >= 11 is 10.4. The Hall–Kier alpha value is -0.600. The minimum Gasteiger partial charge on any atom is -0.391 e. The van der Waals surface area contributed by atoms with Crippen LogP contribution in [-0.4, -0.2) is 13.5 Å². The Kier molecular flexibility index (Phi) is 4.52. The highest BCUT2D eigenvalue weighted by molar-refractivity contribution is 9.10. The molecule has 0 aliphatic carbocycles. The largest absolute Gasteiger partial charge is 0.391 e. The van der Waals surface area contributed by atoms with Gasteiger partial charge in [0.2, 0.25) is 0 Å². The molecule has 2 aromatic rings. The maximum Gasteiger partial charge on any atom is 0.263 e. The van der Waals surface area contributed by atoms with E-state index in [-0.39, 0.29) is 17.2 Å². The van der Waals surface area contributed by atoms with Crippen LogP contribution in [0.3, 0.4) is 0 Å². The molecule has 19 heavy (non-hydrogen) atoms. The zero-order valence-electron chi connectivity index (χ0n) is 9.43. The van der Waals surface area contributed by atoms with Gasteiger partial charge in [-0.25, -0.2) is 8.42 Å². The highest BCUT2D eigenvalue weighted by atomic mass is 79.9. The van der Waals surface area contributed by atoms with Gasteiger partial charge in [0, 0.05) is 4.47 Å². The van der Waals surface area contributed by atoms with Crippen LogP contribution in [0.15, 0.2) is 39.0 Å². The van der Waals surface area contributed by atoms with Crippen molar-refractivity contribution >= 4 is 54.6 Å². The number of sulfonamides is 1. The molecule has 102 valence electrons. The molecule has 4 nitrogen and oxygen atoms in total. The highest BCUT2D eigenvalue weighted by Gasteiger charge is 2.20. The molecule has 1 aromatic carbocycles. The van der Waals surface area contributed by atoms with Crippen molar-refractivity contribution in [1.29, 1.82) is 0 Å². The number of hydrogen-bond acceptors (Lipinski definition) is 4. The van der Waals surface area contributed by atoms with Gasteiger partial charge < -0.3 is 5.11 Å². The lowest BCUT2D eigenvalue weighted by molar-refractivity contribution is 0.282. The maximum absolute atomic E-state index is 12.2. The van der Waals surface area contributed by atoms with E-state index in [1.165, 1.54) is 17.4 Å². The van der Waals surface area contributed by atoms with Crippen molar-refractivity contribution in [2.24, 2.45) is 0 Å². The quantitative estimate of drug-likeness (QED) is 0.851. The number of nitrogens with one attached hydrogen (secondary N) is 1. The first-order valence-corrected chi connectivity index (χ1v) is 8.62. The fourth-order valence-electron chi connectivity index (χ4n) is 1.46. The van der Waals surface area contributed by atoms with E-state index in [1.807, 2.05) is 0 Å². The predicted octanol–water partition coefficient (Wildman–Crippen LogP) is 3.46. The second kappa shape index (κ2) is 5.80. The number of rotatable bonds is 4. The smallest absolute Gasteiger partial charge is 0.263 e. The van der Waals surface area contributed by atoms with Crippen molar-refractivity contribution in [3.8, 4) is 0 Å². The Bertz CT molecular complexity index is 700. The Morgan fingerprint density at radius 1 is 1.37 bits per heavy atom. The summed E-state index contributed by atoms with van der Waals surface area (Å²) in [5.41, 5.74) is 0.283. The van der Waals surface area contributed by atoms with Gasteiger partial charge in [0.1, 0.15) is 4.90 Å². The first-order valence-electron chi connectivity index (χ1n) is 5.09. The summed E-state index contributed by atoms with van der Waals surface area (Å²) in [6, 6.07) is 6.32. The normalized spacial score (nSPS) is 11.5. The summed E-state index contributed by atoms with van der Waals surface area (Å²) in [5, 5.41) is 11.0. The van der Waals surface area contributed by atoms with E-state index in [9.17, 15) is 8.42 Å². The van der Waals surface area contributed by atoms with Crippen LogP contribution in [0.2, 0.25) is 5.02 Å². The lowest BCUT2D eigenvalue weighted by atomic mass is 10.3. The van der Waals surface area contributed by atoms with Gasteiger partial charge in [-0.15, -0.1) is 11.3 Å². The Morgan fingerprint density at radius 2 is 2.11 bits per heavy atom. The summed E-state index contributed by atoms with van der Waals surface area (Å²) < 4.78 is 27.6. The van der Waals surface area contributed by atoms with E-state index in [0.29, 0.717) is 14.4 Å². The maximum atomic E-state index is 12.2. The van der Waals surface area contributed by atoms with E-state index < -0.39 is 10.0 Å². The summed E-state index contributed by atoms with van der Waals surface area (Å²) in [6.45, 7) is -0.319. The van der Waals surface area contributed by atoms with Crippen molar-refractivity contribution in [3.63, 3.8) is 0 Å². The van der Waals surface area contributed by atoms with Gasteiger partial charge >= 0.3 is 0 Å². The molecule has 0 amide bonds. The van der Waals surface area contributed by atoms with E-state index in [0.717, 1.165) is 0 Å². The second-order valence-corrected chi connectivity index (χ2v) is 7.57. The molecule has 1 aromatic heterocycles. The predicted molar refractivity (Wildman–Crippen MR) is 80.2 cm³/mol. The van der Waals surface area contributed by atoms with E-state index in [4.69, 9.17) is 16.7 Å². The lowest BCUT2D eigenvalue weighted by Gasteiger charge is -2.10. The summed E-state index contributed by atoms with van der Waals surface area (Å²) in [6.07, 6.45) is 0. The summed E-state index contributed by atoms with van der Waals surface area (Å²) in [4.78, 5) is 0.453. The molecule has 0 saturated carbocycles. The van der Waals surface area contributed by atoms with Crippen LogP contribution < -0.4 is 4.72 Å². The summed E-state index contributed by atoms with van der Waals surface area (Å²) in [5.74, 6) is 0. The average molecular weight is 383 g/mol. The first-order chi connectivity index (χ1) is 8.94. The third-order valence-electron chi connectivity index (χ3n) is 2.31. The van der Waals surface area contributed by atoms with Crippen molar-refractivity contribution in [2.75, 3.05) is 4.72 Å². The number of aliphatic hydroxyl groups excluding tert-OH is 1. The van der Waals surface area contributed by atoms with Gasteiger partial charge in [0.15, 0.2) is 0 Å². The summed E-state index contributed by atoms with van der Waals surface area (Å²) in [7, 11) is -3.76. The Labute approximate surface area is 128 Å². The van der Waals surface area contributed by atoms with Crippen LogP contribution in [-0.2, 0) is 16.6 Å². The van der Waals surface area contributed by atoms with Gasteiger partial charge in [-0.2, -0.15) is 0 Å². The van der Waals surface area contributed by atoms with Gasteiger partial charge in [0.25, 0.3) is 10.0 Å². The number of aliphatic hydroxyl groups is 1. The van der Waals surface area contributed by atoms with Crippen LogP contribution >= 0.6 is 38.9 Å². The van der Waals surface area contributed by atoms with Crippen LogP contribution in [0.1, 0.15) is 4.88 Å². The van der Waals surface area contributed by atoms with Crippen molar-refractivity contribution in [2.45, 2.75) is 11.5 Å². The molecule has 0 unspecified atom stereocenters. The molecule has 0 fully saturated rings. The minimum absolute atomic E-state index is 0.0658. The molecule has 2 N–H and O–H groups in total. The molecule has 0 spiro atoms. The lowest BCUT2D eigenvalue weighted by Crippen LogP contribution is -2.14. The second-order valence-electron chi connectivity index (χ2n) is 3.60. The molecule has 0 aliphatic heterocycles. The zero-order valence-corrected chi connectivity index (χ0v) is 13.4. The molecule has 2 rings (SSSR count). The molecular weight excluding hydrogens is 374 g/mol. The van der Waals surface area contributed by atoms with E-state index in [1.54, 1.807) is 23.6 Å². The SMILES string of the molecule is O=S(=O)(Nc1cc(Br)ccc1Cl)c1ccsc1CO. The van der Waals surface area contributed by atoms with Crippen molar-refractivity contribution < 1.29 is 13.5 Å². The molecule has 1 heterocycles. The fraction of sp³-hybridized carbons (Fsp3) is 0.0909. The average Bonchev–Trinajstić information content (AvgIpc) is 2.82. The topological polar surface area (TPSA) is 66.4 Å². The van der Waals surface area contributed by atoms with E-state index >= 15 is 0 Å². The fourth-order valence-corrected chi connectivity index (χ4v) is 4.41. The van der Waals surface area contributed by atoms with Gasteiger partial charge in [-0.05, 0) is 29.6 Å². The van der Waals surface area contributed by atoms with Crippen molar-refractivity contribution in [1.82, 2.24) is 0 Å². The number of benzene rings is 1. The standard InChI is InChI=1S/C11H9BrClNO3S2/c12-7-1-2-8(13)9(5-7)14-19(16,17)11-3-4-18-10(11)6-15/h1-5,14-15H,6H2. The molecule has 0 atom stereocenters. The van der Waals surface area contributed by atoms with Crippen molar-refractivity contribution in [3.05, 3.63) is 44.0 Å². The molecule has 0 aliphatic rings. The molecule has 0 radical (unpaired) electrons. The number of anilines is 1. The number of halogens is 2. The van der Waals surface area contributed by atoms with E-state index in [2.05, 4.69) is 20.7 Å². The number of thiophene rings is 1. The minimum atomic E-state index is -3.76. The van der Waals surface area contributed by atoms with Crippen LogP contribution in [0, 0.1) is 0 Å². The van der Waals surface area contributed by atoms with Crippen LogP contribution in [0.4, 0.5) is 5.69 Å². The molecule has 0 saturated heterocycles.